The molecule has 2 nitrogen and oxygen atoms in total. The molecule has 0 saturated heterocycles. The predicted molar refractivity (Wildman–Crippen MR) is 70.8 cm³/mol. The van der Waals surface area contributed by atoms with Crippen LogP contribution in [0.1, 0.15) is 45.1 Å². The maximum Gasteiger partial charge on any atom is 0.158 e. The molecule has 0 spiro atoms. The fraction of sp³-hybridized carbons (Fsp3) is 0.600. The van der Waals surface area contributed by atoms with Crippen molar-refractivity contribution in [3.63, 3.8) is 0 Å². The van der Waals surface area contributed by atoms with Gasteiger partial charge in [0.1, 0.15) is 0 Å². The summed E-state index contributed by atoms with van der Waals surface area (Å²) in [6, 6.07) is 10.2. The number of unbranched alkanes of at least 4 members (excludes halogenated alkanes) is 1. The van der Waals surface area contributed by atoms with E-state index in [4.69, 9.17) is 9.47 Å². The van der Waals surface area contributed by atoms with E-state index in [9.17, 15) is 0 Å². The smallest absolute Gasteiger partial charge is 0.158 e. The second-order valence-electron chi connectivity index (χ2n) is 4.24. The second kappa shape index (κ2) is 9.20. The molecule has 0 aliphatic carbocycles. The fourth-order valence-corrected chi connectivity index (χ4v) is 1.57. The molecule has 0 radical (unpaired) electrons. The van der Waals surface area contributed by atoms with Crippen molar-refractivity contribution in [3.8, 4) is 0 Å². The Morgan fingerprint density at radius 2 is 1.76 bits per heavy atom. The Kier molecular flexibility index (Phi) is 7.69. The summed E-state index contributed by atoms with van der Waals surface area (Å²) >= 11 is 0. The molecular formula is C15H24O2. The van der Waals surface area contributed by atoms with Gasteiger partial charge in [0, 0.05) is 6.61 Å². The van der Waals surface area contributed by atoms with Gasteiger partial charge in [-0.1, -0.05) is 57.0 Å². The Balaban J connectivity index is 2.28. The first kappa shape index (κ1) is 14.2. The first-order valence-electron chi connectivity index (χ1n) is 6.64. The zero-order valence-corrected chi connectivity index (χ0v) is 11.0. The fourth-order valence-electron chi connectivity index (χ4n) is 1.57. The number of hydrogen-bond acceptors (Lipinski definition) is 2. The van der Waals surface area contributed by atoms with Crippen molar-refractivity contribution >= 4 is 0 Å². The molecule has 0 aliphatic rings. The van der Waals surface area contributed by atoms with Crippen LogP contribution in [0.4, 0.5) is 0 Å². The van der Waals surface area contributed by atoms with Crippen LogP contribution in [-0.2, 0) is 16.1 Å². The number of rotatable bonds is 9. The maximum absolute atomic E-state index is 5.79. The Labute approximate surface area is 105 Å². The third-order valence-corrected chi connectivity index (χ3v) is 2.60. The van der Waals surface area contributed by atoms with Gasteiger partial charge in [-0.2, -0.15) is 0 Å². The zero-order chi connectivity index (χ0) is 12.3. The molecule has 17 heavy (non-hydrogen) atoms. The largest absolute Gasteiger partial charge is 0.353 e. The standard InChI is InChI=1S/C15H24O2/c1-3-5-12-16-15(9-4-2)17-13-14-10-7-6-8-11-14/h6-8,10-11,15H,3-5,9,12-13H2,1-2H3. The predicted octanol–water partition coefficient (Wildman–Crippen LogP) is 4.15. The van der Waals surface area contributed by atoms with Crippen LogP contribution in [0.2, 0.25) is 0 Å². The van der Waals surface area contributed by atoms with E-state index < -0.39 is 0 Å². The van der Waals surface area contributed by atoms with Crippen LogP contribution in [0, 0.1) is 0 Å². The van der Waals surface area contributed by atoms with E-state index in [1.165, 1.54) is 5.56 Å². The summed E-state index contributed by atoms with van der Waals surface area (Å²) < 4.78 is 11.5. The van der Waals surface area contributed by atoms with Gasteiger partial charge in [-0.05, 0) is 18.4 Å². The van der Waals surface area contributed by atoms with E-state index in [1.807, 2.05) is 18.2 Å². The number of ether oxygens (including phenoxy) is 2. The van der Waals surface area contributed by atoms with E-state index in [2.05, 4.69) is 26.0 Å². The topological polar surface area (TPSA) is 18.5 Å². The van der Waals surface area contributed by atoms with Crippen molar-refractivity contribution < 1.29 is 9.47 Å². The second-order valence-corrected chi connectivity index (χ2v) is 4.24. The first-order chi connectivity index (χ1) is 8.36. The lowest BCUT2D eigenvalue weighted by Crippen LogP contribution is -2.17. The number of hydrogen-bond donors (Lipinski definition) is 0. The highest BCUT2D eigenvalue weighted by molar-refractivity contribution is 5.13. The van der Waals surface area contributed by atoms with Gasteiger partial charge >= 0.3 is 0 Å². The van der Waals surface area contributed by atoms with Gasteiger partial charge in [0.15, 0.2) is 6.29 Å². The molecule has 0 aromatic heterocycles. The van der Waals surface area contributed by atoms with Crippen LogP contribution < -0.4 is 0 Å². The Morgan fingerprint density at radius 1 is 1.00 bits per heavy atom. The molecule has 0 N–H and O–H groups in total. The minimum Gasteiger partial charge on any atom is -0.353 e. The third-order valence-electron chi connectivity index (χ3n) is 2.60. The average Bonchev–Trinajstić information content (AvgIpc) is 2.37. The van der Waals surface area contributed by atoms with Crippen LogP contribution >= 0.6 is 0 Å². The van der Waals surface area contributed by atoms with Crippen molar-refractivity contribution in [2.75, 3.05) is 6.61 Å². The Morgan fingerprint density at radius 3 is 2.41 bits per heavy atom. The Hall–Kier alpha value is -0.860. The van der Waals surface area contributed by atoms with Crippen LogP contribution in [0.3, 0.4) is 0 Å². The quantitative estimate of drug-likeness (QED) is 0.474. The van der Waals surface area contributed by atoms with E-state index in [-0.39, 0.29) is 6.29 Å². The molecule has 0 aliphatic heterocycles. The number of benzene rings is 1. The van der Waals surface area contributed by atoms with Gasteiger partial charge in [-0.3, -0.25) is 0 Å². The van der Waals surface area contributed by atoms with Crippen molar-refractivity contribution in [2.24, 2.45) is 0 Å². The van der Waals surface area contributed by atoms with Crippen molar-refractivity contribution in [2.45, 2.75) is 52.4 Å². The molecule has 0 bridgehead atoms. The highest BCUT2D eigenvalue weighted by Crippen LogP contribution is 2.09. The van der Waals surface area contributed by atoms with Crippen molar-refractivity contribution in [1.29, 1.82) is 0 Å². The van der Waals surface area contributed by atoms with Gasteiger partial charge in [-0.15, -0.1) is 0 Å². The molecule has 0 heterocycles. The summed E-state index contributed by atoms with van der Waals surface area (Å²) in [5, 5.41) is 0. The molecule has 1 atom stereocenters. The minimum atomic E-state index is -0.0493. The van der Waals surface area contributed by atoms with Crippen molar-refractivity contribution in [1.82, 2.24) is 0 Å². The molecule has 0 fully saturated rings. The summed E-state index contributed by atoms with van der Waals surface area (Å²) in [7, 11) is 0. The van der Waals surface area contributed by atoms with Crippen LogP contribution in [0.5, 0.6) is 0 Å². The lowest BCUT2D eigenvalue weighted by molar-refractivity contribution is -0.153. The zero-order valence-electron chi connectivity index (χ0n) is 11.0. The summed E-state index contributed by atoms with van der Waals surface area (Å²) in [6.45, 7) is 5.76. The van der Waals surface area contributed by atoms with E-state index in [1.54, 1.807) is 0 Å². The van der Waals surface area contributed by atoms with Crippen LogP contribution in [0.15, 0.2) is 30.3 Å². The molecule has 1 unspecified atom stereocenters. The Bertz CT molecular complexity index is 272. The average molecular weight is 236 g/mol. The normalized spacial score (nSPS) is 12.6. The lowest BCUT2D eigenvalue weighted by atomic mass is 10.2. The third kappa shape index (κ3) is 6.44. The molecule has 1 rings (SSSR count). The molecule has 0 amide bonds. The highest BCUT2D eigenvalue weighted by atomic mass is 16.7. The molecule has 0 saturated carbocycles. The summed E-state index contributed by atoms with van der Waals surface area (Å²) in [4.78, 5) is 0. The van der Waals surface area contributed by atoms with Crippen LogP contribution in [-0.4, -0.2) is 12.9 Å². The van der Waals surface area contributed by atoms with Crippen molar-refractivity contribution in [3.05, 3.63) is 35.9 Å². The van der Waals surface area contributed by atoms with Gasteiger partial charge in [-0.25, -0.2) is 0 Å². The maximum atomic E-state index is 5.79. The lowest BCUT2D eigenvalue weighted by Gasteiger charge is -2.18. The molecule has 1 aromatic rings. The van der Waals surface area contributed by atoms with Gasteiger partial charge in [0.2, 0.25) is 0 Å². The minimum absolute atomic E-state index is 0.0493. The summed E-state index contributed by atoms with van der Waals surface area (Å²) in [5.74, 6) is 0. The van der Waals surface area contributed by atoms with Gasteiger partial charge in [0.25, 0.3) is 0 Å². The monoisotopic (exact) mass is 236 g/mol. The van der Waals surface area contributed by atoms with E-state index in [0.29, 0.717) is 6.61 Å². The molecular weight excluding hydrogens is 212 g/mol. The SMILES string of the molecule is CCCCOC(CCC)OCc1ccccc1. The first-order valence-corrected chi connectivity index (χ1v) is 6.64. The van der Waals surface area contributed by atoms with E-state index >= 15 is 0 Å². The van der Waals surface area contributed by atoms with Gasteiger partial charge < -0.3 is 9.47 Å². The molecule has 1 aromatic carbocycles. The summed E-state index contributed by atoms with van der Waals surface area (Å²) in [5.41, 5.74) is 1.20. The summed E-state index contributed by atoms with van der Waals surface area (Å²) in [6.07, 6.45) is 4.28. The highest BCUT2D eigenvalue weighted by Gasteiger charge is 2.07. The molecule has 96 valence electrons. The molecule has 2 heteroatoms. The van der Waals surface area contributed by atoms with Gasteiger partial charge in [0.05, 0.1) is 6.61 Å². The van der Waals surface area contributed by atoms with Crippen LogP contribution in [0.25, 0.3) is 0 Å². The van der Waals surface area contributed by atoms with E-state index in [0.717, 1.165) is 32.3 Å².